The van der Waals surface area contributed by atoms with Crippen molar-refractivity contribution in [3.63, 3.8) is 0 Å². The molecule has 0 radical (unpaired) electrons. The molecular formula is C25H23ClF4N3O6P. The summed E-state index contributed by atoms with van der Waals surface area (Å²) in [6, 6.07) is 5.57. The highest BCUT2D eigenvalue weighted by atomic mass is 35.5. The van der Waals surface area contributed by atoms with Crippen molar-refractivity contribution in [3.8, 4) is 0 Å². The molecule has 1 aliphatic heterocycles. The Bertz CT molecular complexity index is 1560. The third-order valence-corrected chi connectivity index (χ3v) is 7.92. The van der Waals surface area contributed by atoms with E-state index in [9.17, 15) is 36.5 Å². The minimum atomic E-state index is -5.90. The van der Waals surface area contributed by atoms with Crippen LogP contribution < -0.4 is 5.32 Å². The molecule has 2 heterocycles. The second kappa shape index (κ2) is 11.0. The Morgan fingerprint density at radius 1 is 1.20 bits per heavy atom. The van der Waals surface area contributed by atoms with E-state index in [0.717, 1.165) is 27.7 Å². The molecule has 3 N–H and O–H groups in total. The predicted octanol–water partition coefficient (Wildman–Crippen LogP) is 4.12. The molecule has 2 amide bonds. The summed E-state index contributed by atoms with van der Waals surface area (Å²) in [6.07, 6.45) is -0.672. The first kappa shape index (κ1) is 29.7. The Balaban J connectivity index is 1.60. The number of alkyl halides is 3. The lowest BCUT2D eigenvalue weighted by Crippen LogP contribution is -2.46. The molecule has 40 heavy (non-hydrogen) atoms. The highest BCUT2D eigenvalue weighted by Gasteiger charge is 2.50. The van der Waals surface area contributed by atoms with E-state index < -0.39 is 67.5 Å². The first-order valence-electron chi connectivity index (χ1n) is 11.8. The van der Waals surface area contributed by atoms with Gasteiger partial charge < -0.3 is 24.6 Å². The topological polar surface area (TPSA) is 129 Å². The van der Waals surface area contributed by atoms with Crippen LogP contribution in [0.2, 0.25) is 5.02 Å². The van der Waals surface area contributed by atoms with Gasteiger partial charge in [0.15, 0.2) is 5.78 Å². The molecule has 15 heteroatoms. The van der Waals surface area contributed by atoms with Gasteiger partial charge in [-0.1, -0.05) is 35.9 Å². The van der Waals surface area contributed by atoms with Crippen LogP contribution in [-0.2, 0) is 32.9 Å². The average molecular weight is 604 g/mol. The van der Waals surface area contributed by atoms with Crippen molar-refractivity contribution in [2.45, 2.75) is 44.3 Å². The lowest BCUT2D eigenvalue weighted by atomic mass is 10.1. The molecule has 0 saturated carbocycles. The van der Waals surface area contributed by atoms with Crippen LogP contribution in [0.25, 0.3) is 10.9 Å². The van der Waals surface area contributed by atoms with Crippen molar-refractivity contribution in [3.05, 3.63) is 70.1 Å². The number of aromatic nitrogens is 1. The minimum Gasteiger partial charge on any atom is -0.350 e. The molecule has 4 rings (SSSR count). The fourth-order valence-electron chi connectivity index (χ4n) is 4.59. The van der Waals surface area contributed by atoms with Gasteiger partial charge >= 0.3 is 13.3 Å². The molecule has 2 aromatic carbocycles. The van der Waals surface area contributed by atoms with Crippen LogP contribution in [0.5, 0.6) is 0 Å². The number of carbonyl (C=O) groups excluding carboxylic acids is 3. The van der Waals surface area contributed by atoms with Gasteiger partial charge in [-0.2, -0.15) is 8.78 Å². The van der Waals surface area contributed by atoms with Gasteiger partial charge in [0.1, 0.15) is 24.6 Å². The summed E-state index contributed by atoms with van der Waals surface area (Å²) in [4.78, 5) is 57.4. The van der Waals surface area contributed by atoms with Crippen molar-refractivity contribution < 1.29 is 46.3 Å². The zero-order valence-electron chi connectivity index (χ0n) is 20.8. The van der Waals surface area contributed by atoms with Crippen LogP contribution in [0.4, 0.5) is 17.6 Å². The molecule has 9 nitrogen and oxygen atoms in total. The Morgan fingerprint density at radius 3 is 2.55 bits per heavy atom. The number of ketones is 1. The number of likely N-dealkylation sites (tertiary alicyclic amines) is 1. The fraction of sp³-hybridized carbons (Fsp3) is 0.320. The molecule has 214 valence electrons. The molecule has 0 unspecified atom stereocenters. The van der Waals surface area contributed by atoms with Gasteiger partial charge in [-0.25, -0.2) is 8.78 Å². The van der Waals surface area contributed by atoms with Crippen LogP contribution in [0, 0.1) is 5.82 Å². The Kier molecular flexibility index (Phi) is 8.15. The van der Waals surface area contributed by atoms with Crippen LogP contribution in [0.1, 0.15) is 34.8 Å². The summed E-state index contributed by atoms with van der Waals surface area (Å²) in [7, 11) is -5.90. The normalized spacial score (nSPS) is 17.9. The van der Waals surface area contributed by atoms with Crippen LogP contribution in [0.15, 0.2) is 42.6 Å². The van der Waals surface area contributed by atoms with Gasteiger partial charge in [-0.3, -0.25) is 18.9 Å². The number of nitrogens with zero attached hydrogens (tertiary/aromatic N) is 2. The maximum absolute atomic E-state index is 14.4. The van der Waals surface area contributed by atoms with Gasteiger partial charge in [0.2, 0.25) is 11.8 Å². The van der Waals surface area contributed by atoms with E-state index in [1.165, 1.54) is 31.3 Å². The number of hydrogen-bond acceptors (Lipinski definition) is 4. The Morgan fingerprint density at radius 2 is 1.90 bits per heavy atom. The van der Waals surface area contributed by atoms with Gasteiger partial charge in [0.05, 0.1) is 11.6 Å². The van der Waals surface area contributed by atoms with Crippen molar-refractivity contribution >= 4 is 47.7 Å². The van der Waals surface area contributed by atoms with Gasteiger partial charge in [-0.05, 0) is 19.1 Å². The monoisotopic (exact) mass is 603 g/mol. The molecule has 3 aromatic rings. The second-order valence-corrected chi connectivity index (χ2v) is 11.4. The summed E-state index contributed by atoms with van der Waals surface area (Å²) in [5, 5.41) is 2.45. The number of carbonyl (C=O) groups is 3. The summed E-state index contributed by atoms with van der Waals surface area (Å²) < 4.78 is 69.8. The van der Waals surface area contributed by atoms with E-state index in [1.54, 1.807) is 0 Å². The number of amides is 2. The van der Waals surface area contributed by atoms with E-state index in [1.807, 2.05) is 0 Å². The maximum atomic E-state index is 14.4. The van der Waals surface area contributed by atoms with Crippen molar-refractivity contribution in [1.82, 2.24) is 14.8 Å². The highest BCUT2D eigenvalue weighted by molar-refractivity contribution is 7.52. The van der Waals surface area contributed by atoms with Crippen molar-refractivity contribution in [2.75, 3.05) is 6.54 Å². The zero-order chi connectivity index (χ0) is 29.6. The molecule has 0 aliphatic carbocycles. The third kappa shape index (κ3) is 5.64. The van der Waals surface area contributed by atoms with Crippen LogP contribution >= 0.6 is 19.2 Å². The highest BCUT2D eigenvalue weighted by Crippen LogP contribution is 2.59. The first-order chi connectivity index (χ1) is 18.6. The molecule has 1 fully saturated rings. The quantitative estimate of drug-likeness (QED) is 0.202. The van der Waals surface area contributed by atoms with Crippen LogP contribution in [0.3, 0.4) is 0 Å². The summed E-state index contributed by atoms with van der Waals surface area (Å²) in [5.74, 6) is -2.75. The standard InChI is InChI=1S/C25H23ClF4N3O6P/c1-13(34)18-11-32(20-7-15(5-6-17(18)20)25(29,30)40(37,38)39)12-22(35)33-10-16(27)8-21(33)24(36)31-9-14-3-2-4-19(26)23(14)28/h2-7,11,16,21H,8-10,12H2,1H3,(H,31,36)(H2,37,38,39)/t16-,21+/m1/s1. The number of rotatable bonds is 8. The van der Waals surface area contributed by atoms with Gasteiger partial charge in [0.25, 0.3) is 0 Å². The van der Waals surface area contributed by atoms with E-state index in [0.29, 0.717) is 0 Å². The van der Waals surface area contributed by atoms with Crippen LogP contribution in [-0.4, -0.2) is 55.6 Å². The molecule has 1 aliphatic rings. The molecule has 1 saturated heterocycles. The zero-order valence-corrected chi connectivity index (χ0v) is 22.4. The largest absolute Gasteiger partial charge is 0.399 e. The van der Waals surface area contributed by atoms with E-state index in [-0.39, 0.29) is 40.0 Å². The second-order valence-electron chi connectivity index (χ2n) is 9.37. The fourth-order valence-corrected chi connectivity index (χ4v) is 5.26. The van der Waals surface area contributed by atoms with Gasteiger partial charge in [0, 0.05) is 46.8 Å². The molecular weight excluding hydrogens is 581 g/mol. The SMILES string of the molecule is CC(=O)c1cn(CC(=O)N2C[C@H](F)C[C@H]2C(=O)NCc2cccc(Cl)c2F)c2cc(C(F)(F)P(=O)(O)O)ccc12. The lowest BCUT2D eigenvalue weighted by Gasteiger charge is -2.24. The van der Waals surface area contributed by atoms with E-state index in [2.05, 4.69) is 5.32 Å². The molecule has 2 atom stereocenters. The smallest absolute Gasteiger partial charge is 0.350 e. The molecule has 0 spiro atoms. The molecule has 1 aromatic heterocycles. The predicted molar refractivity (Wildman–Crippen MR) is 136 cm³/mol. The van der Waals surface area contributed by atoms with Gasteiger partial charge in [-0.15, -0.1) is 0 Å². The lowest BCUT2D eigenvalue weighted by molar-refractivity contribution is -0.139. The third-order valence-electron chi connectivity index (χ3n) is 6.64. The average Bonchev–Trinajstić information content (AvgIpc) is 3.44. The Hall–Kier alpha value is -3.25. The van der Waals surface area contributed by atoms with Crippen molar-refractivity contribution in [1.29, 1.82) is 0 Å². The summed E-state index contributed by atoms with van der Waals surface area (Å²) in [6.45, 7) is -0.116. The number of fused-ring (bicyclic) bond motifs is 1. The summed E-state index contributed by atoms with van der Waals surface area (Å²) >= 11 is 5.74. The number of halogens is 5. The summed E-state index contributed by atoms with van der Waals surface area (Å²) in [5.41, 5.74) is -5.55. The van der Waals surface area contributed by atoms with E-state index >= 15 is 0 Å². The number of Topliss-reactive ketones (excluding diaryl/α,β-unsaturated/α-hetero) is 1. The maximum Gasteiger partial charge on any atom is 0.399 e. The molecule has 0 bridgehead atoms. The van der Waals surface area contributed by atoms with Crippen molar-refractivity contribution in [2.24, 2.45) is 0 Å². The number of hydrogen-bond donors (Lipinski definition) is 3. The Labute approximate surface area is 229 Å². The number of benzene rings is 2. The first-order valence-corrected chi connectivity index (χ1v) is 13.8. The minimum absolute atomic E-state index is 0.0523. The van der Waals surface area contributed by atoms with E-state index in [4.69, 9.17) is 21.4 Å². The number of nitrogens with one attached hydrogen (secondary N) is 1.